The Morgan fingerprint density at radius 1 is 1.38 bits per heavy atom. The van der Waals surface area contributed by atoms with E-state index >= 15 is 0 Å². The fourth-order valence-corrected chi connectivity index (χ4v) is 3.65. The number of terminal acetylenes is 1. The number of para-hydroxylation sites is 1. The highest BCUT2D eigenvalue weighted by molar-refractivity contribution is 7.16. The Kier molecular flexibility index (Phi) is 4.70. The maximum absolute atomic E-state index is 12.6. The van der Waals surface area contributed by atoms with Crippen molar-refractivity contribution in [1.29, 1.82) is 0 Å². The number of rotatable bonds is 3. The molecule has 0 aliphatic carbocycles. The number of amides is 1. The molecule has 6 heteroatoms. The molecule has 0 spiro atoms. The number of halogens is 1. The van der Waals surface area contributed by atoms with E-state index in [-0.39, 0.29) is 5.91 Å². The first-order valence-electron chi connectivity index (χ1n) is 7.08. The Morgan fingerprint density at radius 3 is 2.92 bits per heavy atom. The SMILES string of the molecule is C#CCn1c(=NC(=O)c2ccccc2OC)sc2cc(Cl)ccc21. The maximum atomic E-state index is 12.6. The van der Waals surface area contributed by atoms with Gasteiger partial charge in [0.05, 0.1) is 29.4 Å². The van der Waals surface area contributed by atoms with E-state index in [9.17, 15) is 4.79 Å². The number of benzene rings is 2. The molecule has 3 rings (SSSR count). The van der Waals surface area contributed by atoms with E-state index < -0.39 is 0 Å². The van der Waals surface area contributed by atoms with Gasteiger partial charge in [-0.15, -0.1) is 6.42 Å². The number of hydrogen-bond donors (Lipinski definition) is 0. The predicted octanol–water partition coefficient (Wildman–Crippen LogP) is 3.74. The monoisotopic (exact) mass is 356 g/mol. The second-order valence-electron chi connectivity index (χ2n) is 4.90. The van der Waals surface area contributed by atoms with E-state index in [0.717, 1.165) is 10.2 Å². The molecule has 0 saturated carbocycles. The van der Waals surface area contributed by atoms with E-state index in [1.807, 2.05) is 16.7 Å². The highest BCUT2D eigenvalue weighted by Gasteiger charge is 2.12. The first-order valence-corrected chi connectivity index (χ1v) is 8.28. The van der Waals surface area contributed by atoms with Crippen LogP contribution in [0.1, 0.15) is 10.4 Å². The molecule has 0 saturated heterocycles. The summed E-state index contributed by atoms with van der Waals surface area (Å²) in [6.45, 7) is 0.319. The highest BCUT2D eigenvalue weighted by atomic mass is 35.5. The van der Waals surface area contributed by atoms with Crippen molar-refractivity contribution in [2.75, 3.05) is 7.11 Å². The number of ether oxygens (including phenoxy) is 1. The average molecular weight is 357 g/mol. The Labute approximate surface area is 148 Å². The molecule has 1 amide bonds. The molecule has 2 aromatic carbocycles. The highest BCUT2D eigenvalue weighted by Crippen LogP contribution is 2.22. The second kappa shape index (κ2) is 6.91. The van der Waals surface area contributed by atoms with Crippen molar-refractivity contribution in [3.63, 3.8) is 0 Å². The molecule has 1 heterocycles. The van der Waals surface area contributed by atoms with Gasteiger partial charge in [0, 0.05) is 5.02 Å². The number of thiazole rings is 1. The van der Waals surface area contributed by atoms with E-state index in [0.29, 0.717) is 27.7 Å². The minimum atomic E-state index is -0.379. The fraction of sp³-hybridized carbons (Fsp3) is 0.111. The average Bonchev–Trinajstić information content (AvgIpc) is 2.91. The number of hydrogen-bond acceptors (Lipinski definition) is 3. The summed E-state index contributed by atoms with van der Waals surface area (Å²) in [4.78, 5) is 17.3. The lowest BCUT2D eigenvalue weighted by Crippen LogP contribution is -2.16. The van der Waals surface area contributed by atoms with Gasteiger partial charge in [-0.25, -0.2) is 0 Å². The van der Waals surface area contributed by atoms with Crippen LogP contribution in [0.3, 0.4) is 0 Å². The van der Waals surface area contributed by atoms with Crippen molar-refractivity contribution in [3.05, 3.63) is 57.9 Å². The molecule has 24 heavy (non-hydrogen) atoms. The summed E-state index contributed by atoms with van der Waals surface area (Å²) in [5.74, 6) is 2.70. The van der Waals surface area contributed by atoms with E-state index in [1.54, 1.807) is 30.3 Å². The summed E-state index contributed by atoms with van der Waals surface area (Å²) in [5, 5.41) is 0.624. The molecule has 3 aromatic rings. The van der Waals surface area contributed by atoms with Crippen molar-refractivity contribution >= 4 is 39.1 Å². The minimum absolute atomic E-state index is 0.319. The van der Waals surface area contributed by atoms with E-state index in [2.05, 4.69) is 10.9 Å². The van der Waals surface area contributed by atoms with Crippen LogP contribution in [0.4, 0.5) is 0 Å². The molecule has 0 unspecified atom stereocenters. The van der Waals surface area contributed by atoms with Crippen molar-refractivity contribution in [2.24, 2.45) is 4.99 Å². The molecule has 0 bridgehead atoms. The molecule has 1 aromatic heterocycles. The predicted molar refractivity (Wildman–Crippen MR) is 96.5 cm³/mol. The van der Waals surface area contributed by atoms with Gasteiger partial charge in [-0.1, -0.05) is 41.0 Å². The van der Waals surface area contributed by atoms with Crippen LogP contribution in [-0.4, -0.2) is 17.6 Å². The third-order valence-electron chi connectivity index (χ3n) is 3.43. The lowest BCUT2D eigenvalue weighted by Gasteiger charge is -2.04. The van der Waals surface area contributed by atoms with Gasteiger partial charge in [0.2, 0.25) is 0 Å². The van der Waals surface area contributed by atoms with Gasteiger partial charge < -0.3 is 9.30 Å². The third-order valence-corrected chi connectivity index (χ3v) is 4.71. The van der Waals surface area contributed by atoms with E-state index in [1.165, 1.54) is 18.4 Å². The van der Waals surface area contributed by atoms with Crippen LogP contribution in [0.25, 0.3) is 10.2 Å². The van der Waals surface area contributed by atoms with Gasteiger partial charge in [0.15, 0.2) is 4.80 Å². The normalized spacial score (nSPS) is 11.5. The van der Waals surface area contributed by atoms with Crippen LogP contribution in [0.15, 0.2) is 47.5 Å². The zero-order chi connectivity index (χ0) is 17.1. The van der Waals surface area contributed by atoms with Gasteiger partial charge >= 0.3 is 0 Å². The lowest BCUT2D eigenvalue weighted by molar-refractivity contribution is 0.0995. The number of carbonyl (C=O) groups excluding carboxylic acids is 1. The molecule has 0 radical (unpaired) electrons. The molecule has 0 aliphatic heterocycles. The zero-order valence-corrected chi connectivity index (χ0v) is 14.4. The molecule has 0 aliphatic rings. The number of methoxy groups -OCH3 is 1. The van der Waals surface area contributed by atoms with Crippen LogP contribution in [0, 0.1) is 12.3 Å². The molecule has 4 nitrogen and oxygen atoms in total. The number of aromatic nitrogens is 1. The number of fused-ring (bicyclic) bond motifs is 1. The topological polar surface area (TPSA) is 43.6 Å². The quantitative estimate of drug-likeness (QED) is 0.671. The van der Waals surface area contributed by atoms with E-state index in [4.69, 9.17) is 22.8 Å². The van der Waals surface area contributed by atoms with Crippen molar-refractivity contribution < 1.29 is 9.53 Å². The Balaban J connectivity index is 2.17. The fourth-order valence-electron chi connectivity index (χ4n) is 2.34. The summed E-state index contributed by atoms with van der Waals surface area (Å²) in [7, 11) is 1.52. The molecular weight excluding hydrogens is 344 g/mol. The van der Waals surface area contributed by atoms with Gasteiger partial charge in [-0.3, -0.25) is 4.79 Å². The molecule has 0 atom stereocenters. The van der Waals surface area contributed by atoms with Crippen LogP contribution in [0.2, 0.25) is 5.02 Å². The molecular formula is C18H13ClN2O2S. The summed E-state index contributed by atoms with van der Waals surface area (Å²) in [6.07, 6.45) is 5.46. The molecule has 0 fully saturated rings. The summed E-state index contributed by atoms with van der Waals surface area (Å²) in [6, 6.07) is 12.5. The maximum Gasteiger partial charge on any atom is 0.283 e. The Bertz CT molecular complexity index is 1030. The van der Waals surface area contributed by atoms with Crippen molar-refractivity contribution in [1.82, 2.24) is 4.57 Å². The Morgan fingerprint density at radius 2 is 2.17 bits per heavy atom. The first kappa shape index (κ1) is 16.3. The van der Waals surface area contributed by atoms with Gasteiger partial charge in [0.1, 0.15) is 5.75 Å². The van der Waals surface area contributed by atoms with Gasteiger partial charge in [0.25, 0.3) is 5.91 Å². The zero-order valence-electron chi connectivity index (χ0n) is 12.8. The largest absolute Gasteiger partial charge is 0.496 e. The second-order valence-corrected chi connectivity index (χ2v) is 6.35. The standard InChI is InChI=1S/C18H13ClN2O2S/c1-3-10-21-14-9-8-12(19)11-16(14)24-18(21)20-17(22)13-6-4-5-7-15(13)23-2/h1,4-9,11H,10H2,2H3. The Hall–Kier alpha value is -2.55. The number of nitrogens with zero attached hydrogens (tertiary/aromatic N) is 2. The lowest BCUT2D eigenvalue weighted by atomic mass is 10.2. The third kappa shape index (κ3) is 3.07. The van der Waals surface area contributed by atoms with Crippen LogP contribution < -0.4 is 9.54 Å². The minimum Gasteiger partial charge on any atom is -0.496 e. The van der Waals surface area contributed by atoms with Crippen LogP contribution in [0.5, 0.6) is 5.75 Å². The number of carbonyl (C=O) groups is 1. The summed E-state index contributed by atoms with van der Waals surface area (Å²) in [5.41, 5.74) is 1.30. The summed E-state index contributed by atoms with van der Waals surface area (Å²) < 4.78 is 7.97. The molecule has 120 valence electrons. The smallest absolute Gasteiger partial charge is 0.283 e. The summed E-state index contributed by atoms with van der Waals surface area (Å²) >= 11 is 7.41. The van der Waals surface area contributed by atoms with Gasteiger partial charge in [-0.2, -0.15) is 4.99 Å². The van der Waals surface area contributed by atoms with Crippen LogP contribution >= 0.6 is 22.9 Å². The van der Waals surface area contributed by atoms with Crippen LogP contribution in [-0.2, 0) is 6.54 Å². The van der Waals surface area contributed by atoms with Crippen molar-refractivity contribution in [3.8, 4) is 18.1 Å². The van der Waals surface area contributed by atoms with Crippen molar-refractivity contribution in [2.45, 2.75) is 6.54 Å². The molecule has 0 N–H and O–H groups in total. The van der Waals surface area contributed by atoms with Gasteiger partial charge in [-0.05, 0) is 30.3 Å². The first-order chi connectivity index (χ1) is 11.6.